The van der Waals surface area contributed by atoms with Crippen LogP contribution in [0.5, 0.6) is 0 Å². The fourth-order valence-corrected chi connectivity index (χ4v) is 2.22. The van der Waals surface area contributed by atoms with Crippen molar-refractivity contribution >= 4 is 5.69 Å². The summed E-state index contributed by atoms with van der Waals surface area (Å²) in [5.41, 5.74) is 2.15. The number of rotatable bonds is 2. The van der Waals surface area contributed by atoms with Gasteiger partial charge in [0.1, 0.15) is 6.07 Å². The maximum Gasteiger partial charge on any atom is 0.101 e. The molecular formula is C13H16N2O2. The van der Waals surface area contributed by atoms with E-state index < -0.39 is 0 Å². The molecule has 1 heterocycles. The van der Waals surface area contributed by atoms with E-state index in [4.69, 9.17) is 10.4 Å². The van der Waals surface area contributed by atoms with Gasteiger partial charge < -0.3 is 15.1 Å². The van der Waals surface area contributed by atoms with Crippen molar-refractivity contribution < 1.29 is 10.2 Å². The van der Waals surface area contributed by atoms with Crippen LogP contribution in [-0.4, -0.2) is 29.4 Å². The van der Waals surface area contributed by atoms with Gasteiger partial charge in [-0.3, -0.25) is 0 Å². The van der Waals surface area contributed by atoms with Gasteiger partial charge in [-0.25, -0.2) is 0 Å². The van der Waals surface area contributed by atoms with E-state index in [9.17, 15) is 5.11 Å². The molecule has 4 nitrogen and oxygen atoms in total. The number of piperidine rings is 1. The molecule has 4 heteroatoms. The number of hydrogen-bond donors (Lipinski definition) is 2. The summed E-state index contributed by atoms with van der Waals surface area (Å²) in [5.74, 6) is 0. The molecule has 0 saturated carbocycles. The first kappa shape index (κ1) is 11.9. The Balaban J connectivity index is 2.28. The lowest BCUT2D eigenvalue weighted by molar-refractivity contribution is 0.154. The quantitative estimate of drug-likeness (QED) is 0.798. The van der Waals surface area contributed by atoms with E-state index >= 15 is 0 Å². The van der Waals surface area contributed by atoms with Gasteiger partial charge in [-0.1, -0.05) is 6.07 Å². The second-order valence-electron chi connectivity index (χ2n) is 4.36. The van der Waals surface area contributed by atoms with Crippen LogP contribution in [0.2, 0.25) is 0 Å². The van der Waals surface area contributed by atoms with Crippen molar-refractivity contribution in [2.45, 2.75) is 25.6 Å². The highest BCUT2D eigenvalue weighted by Gasteiger charge is 2.20. The first-order valence-corrected chi connectivity index (χ1v) is 5.81. The van der Waals surface area contributed by atoms with Crippen LogP contribution in [0.4, 0.5) is 5.69 Å². The topological polar surface area (TPSA) is 67.5 Å². The monoisotopic (exact) mass is 232 g/mol. The van der Waals surface area contributed by atoms with Crippen LogP contribution in [-0.2, 0) is 6.61 Å². The van der Waals surface area contributed by atoms with Crippen LogP contribution < -0.4 is 4.90 Å². The molecule has 0 amide bonds. The highest BCUT2D eigenvalue weighted by atomic mass is 16.3. The molecular weight excluding hydrogens is 216 g/mol. The summed E-state index contributed by atoms with van der Waals surface area (Å²) in [4.78, 5) is 2.04. The average Bonchev–Trinajstić information content (AvgIpc) is 2.38. The molecule has 1 atom stereocenters. The first-order chi connectivity index (χ1) is 8.24. The summed E-state index contributed by atoms with van der Waals surface area (Å²) < 4.78 is 0. The van der Waals surface area contributed by atoms with Crippen LogP contribution in [0.3, 0.4) is 0 Å². The molecule has 2 N–H and O–H groups in total. The zero-order valence-corrected chi connectivity index (χ0v) is 9.63. The van der Waals surface area contributed by atoms with Crippen molar-refractivity contribution in [3.8, 4) is 6.07 Å². The summed E-state index contributed by atoms with van der Waals surface area (Å²) >= 11 is 0. The van der Waals surface area contributed by atoms with Crippen molar-refractivity contribution in [3.63, 3.8) is 0 Å². The number of anilines is 1. The van der Waals surface area contributed by atoms with Crippen molar-refractivity contribution in [3.05, 3.63) is 29.3 Å². The highest BCUT2D eigenvalue weighted by Crippen LogP contribution is 2.25. The number of hydrogen-bond acceptors (Lipinski definition) is 4. The molecule has 1 aromatic rings. The van der Waals surface area contributed by atoms with Gasteiger partial charge in [0.2, 0.25) is 0 Å². The van der Waals surface area contributed by atoms with Gasteiger partial charge in [0.25, 0.3) is 0 Å². The van der Waals surface area contributed by atoms with Crippen molar-refractivity contribution in [2.75, 3.05) is 18.0 Å². The molecule has 0 spiro atoms. The molecule has 90 valence electrons. The lowest BCUT2D eigenvalue weighted by atomic mass is 10.0. The van der Waals surface area contributed by atoms with E-state index in [1.54, 1.807) is 6.07 Å². The Morgan fingerprint density at radius 1 is 1.47 bits per heavy atom. The molecule has 1 aromatic carbocycles. The third-order valence-corrected chi connectivity index (χ3v) is 3.10. The summed E-state index contributed by atoms with van der Waals surface area (Å²) in [7, 11) is 0. The lowest BCUT2D eigenvalue weighted by Crippen LogP contribution is -2.38. The van der Waals surface area contributed by atoms with E-state index in [1.165, 1.54) is 0 Å². The minimum atomic E-state index is -0.312. The zero-order valence-electron chi connectivity index (χ0n) is 9.63. The summed E-state index contributed by atoms with van der Waals surface area (Å²) in [6.07, 6.45) is 1.45. The standard InChI is InChI=1S/C13H16N2O2/c14-7-11-6-10(9-16)3-4-13(11)15-5-1-2-12(17)8-15/h3-4,6,12,16-17H,1-2,5,8-9H2. The van der Waals surface area contributed by atoms with Gasteiger partial charge in [-0.05, 0) is 30.5 Å². The number of nitrogens with zero attached hydrogens (tertiary/aromatic N) is 2. The smallest absolute Gasteiger partial charge is 0.101 e. The Labute approximate surface area is 101 Å². The van der Waals surface area contributed by atoms with Crippen LogP contribution in [0, 0.1) is 11.3 Å². The molecule has 1 aliphatic heterocycles. The third kappa shape index (κ3) is 2.57. The van der Waals surface area contributed by atoms with Gasteiger partial charge in [-0.15, -0.1) is 0 Å². The highest BCUT2D eigenvalue weighted by molar-refractivity contribution is 5.60. The van der Waals surface area contributed by atoms with Gasteiger partial charge in [-0.2, -0.15) is 5.26 Å². The molecule has 2 rings (SSSR count). The van der Waals surface area contributed by atoms with Crippen LogP contribution >= 0.6 is 0 Å². The number of benzene rings is 1. The van der Waals surface area contributed by atoms with Gasteiger partial charge in [0.15, 0.2) is 0 Å². The van der Waals surface area contributed by atoms with Crippen molar-refractivity contribution in [2.24, 2.45) is 0 Å². The predicted octanol–water partition coefficient (Wildman–Crippen LogP) is 1.01. The Kier molecular flexibility index (Phi) is 3.62. The molecule has 1 saturated heterocycles. The number of aliphatic hydroxyl groups is 2. The van der Waals surface area contributed by atoms with Crippen LogP contribution in [0.25, 0.3) is 0 Å². The Morgan fingerprint density at radius 2 is 2.29 bits per heavy atom. The van der Waals surface area contributed by atoms with E-state index in [1.807, 2.05) is 17.0 Å². The largest absolute Gasteiger partial charge is 0.392 e. The zero-order chi connectivity index (χ0) is 12.3. The average molecular weight is 232 g/mol. The van der Waals surface area contributed by atoms with Crippen molar-refractivity contribution in [1.29, 1.82) is 5.26 Å². The van der Waals surface area contributed by atoms with Gasteiger partial charge in [0.05, 0.1) is 24.0 Å². The fraction of sp³-hybridized carbons (Fsp3) is 0.462. The summed E-state index contributed by atoms with van der Waals surface area (Å²) in [6, 6.07) is 7.52. The van der Waals surface area contributed by atoms with Gasteiger partial charge >= 0.3 is 0 Å². The minimum absolute atomic E-state index is 0.0580. The van der Waals surface area contributed by atoms with Crippen LogP contribution in [0.1, 0.15) is 24.0 Å². The van der Waals surface area contributed by atoms with E-state index in [0.717, 1.165) is 30.6 Å². The molecule has 0 aliphatic carbocycles. The number of nitriles is 1. The SMILES string of the molecule is N#Cc1cc(CO)ccc1N1CCCC(O)C1. The van der Waals surface area contributed by atoms with Crippen molar-refractivity contribution in [1.82, 2.24) is 0 Å². The van der Waals surface area contributed by atoms with E-state index in [2.05, 4.69) is 6.07 Å². The maximum atomic E-state index is 9.64. The normalized spacial score (nSPS) is 20.1. The molecule has 1 aliphatic rings. The predicted molar refractivity (Wildman–Crippen MR) is 64.5 cm³/mol. The fourth-order valence-electron chi connectivity index (χ4n) is 2.22. The first-order valence-electron chi connectivity index (χ1n) is 5.81. The van der Waals surface area contributed by atoms with Crippen LogP contribution in [0.15, 0.2) is 18.2 Å². The molecule has 1 fully saturated rings. The number of aliphatic hydroxyl groups excluding tert-OH is 2. The molecule has 17 heavy (non-hydrogen) atoms. The Morgan fingerprint density at radius 3 is 2.94 bits per heavy atom. The van der Waals surface area contributed by atoms with Gasteiger partial charge in [0, 0.05) is 13.1 Å². The second-order valence-corrected chi connectivity index (χ2v) is 4.36. The minimum Gasteiger partial charge on any atom is -0.392 e. The molecule has 1 unspecified atom stereocenters. The van der Waals surface area contributed by atoms with E-state index in [0.29, 0.717) is 12.1 Å². The third-order valence-electron chi connectivity index (χ3n) is 3.10. The summed E-state index contributed by atoms with van der Waals surface area (Å²) in [6.45, 7) is 1.38. The number of β-amino-alcohol motifs (C(OH)–C–C–N with tert-alkyl or cyclic N) is 1. The molecule has 0 aromatic heterocycles. The Hall–Kier alpha value is -1.57. The maximum absolute atomic E-state index is 9.64. The van der Waals surface area contributed by atoms with E-state index in [-0.39, 0.29) is 12.7 Å². The molecule has 0 radical (unpaired) electrons. The second kappa shape index (κ2) is 5.17. The summed E-state index contributed by atoms with van der Waals surface area (Å²) in [5, 5.41) is 27.8. The molecule has 0 bridgehead atoms. The Bertz CT molecular complexity index is 440. The lowest BCUT2D eigenvalue weighted by Gasteiger charge is -2.32.